The minimum Gasteiger partial charge on any atom is -0.480 e. The fraction of sp³-hybridized carbons (Fsp3) is 0.538. The molecule has 5 nitrogen and oxygen atoms in total. The van der Waals surface area contributed by atoms with Crippen LogP contribution in [0.4, 0.5) is 0 Å². The van der Waals surface area contributed by atoms with Crippen molar-refractivity contribution in [1.82, 2.24) is 10.2 Å². The molecule has 0 bridgehead atoms. The molecule has 0 saturated heterocycles. The molecule has 0 aliphatic heterocycles. The molecule has 0 saturated carbocycles. The van der Waals surface area contributed by atoms with Crippen molar-refractivity contribution < 1.29 is 14.7 Å². The lowest BCUT2D eigenvalue weighted by atomic mass is 9.99. The Hall–Kier alpha value is -1.40. The lowest BCUT2D eigenvalue weighted by Crippen LogP contribution is -2.52. The van der Waals surface area contributed by atoms with E-state index in [0.717, 1.165) is 5.56 Å². The SMILES string of the molecule is CCC(C)(NCC(=O)N(C)Cc1ccsc1)C(=O)O. The Bertz CT molecular complexity index is 433. The summed E-state index contributed by atoms with van der Waals surface area (Å²) in [4.78, 5) is 24.6. The molecule has 0 spiro atoms. The smallest absolute Gasteiger partial charge is 0.323 e. The standard InChI is InChI=1S/C13H20N2O3S/c1-4-13(2,12(17)18)14-7-11(16)15(3)8-10-5-6-19-9-10/h5-6,9,14H,4,7-8H2,1-3H3,(H,17,18). The number of carboxylic acid groups (broad SMARTS) is 1. The summed E-state index contributed by atoms with van der Waals surface area (Å²) in [6.07, 6.45) is 0.420. The first-order chi connectivity index (χ1) is 8.89. The molecular weight excluding hydrogens is 264 g/mol. The number of nitrogens with zero attached hydrogens (tertiary/aromatic N) is 1. The number of carboxylic acids is 1. The monoisotopic (exact) mass is 284 g/mol. The Kier molecular flexibility index (Phi) is 5.50. The molecule has 1 atom stereocenters. The molecule has 106 valence electrons. The Balaban J connectivity index is 2.48. The van der Waals surface area contributed by atoms with Crippen LogP contribution in [0.1, 0.15) is 25.8 Å². The molecule has 0 fully saturated rings. The van der Waals surface area contributed by atoms with Gasteiger partial charge in [-0.05, 0) is 35.7 Å². The van der Waals surface area contributed by atoms with Crippen molar-refractivity contribution in [3.8, 4) is 0 Å². The summed E-state index contributed by atoms with van der Waals surface area (Å²) in [6, 6.07) is 1.97. The van der Waals surface area contributed by atoms with Crippen LogP contribution in [0.2, 0.25) is 0 Å². The molecule has 0 aromatic carbocycles. The summed E-state index contributed by atoms with van der Waals surface area (Å²) in [5.74, 6) is -1.06. The quantitative estimate of drug-likeness (QED) is 0.797. The van der Waals surface area contributed by atoms with E-state index >= 15 is 0 Å². The molecule has 1 aromatic heterocycles. The molecule has 1 aromatic rings. The van der Waals surface area contributed by atoms with E-state index in [1.54, 1.807) is 37.1 Å². The number of hydrogen-bond acceptors (Lipinski definition) is 4. The van der Waals surface area contributed by atoms with Crippen molar-refractivity contribution in [2.24, 2.45) is 0 Å². The number of amides is 1. The fourth-order valence-electron chi connectivity index (χ4n) is 1.50. The van der Waals surface area contributed by atoms with Gasteiger partial charge in [0.2, 0.25) is 5.91 Å². The zero-order valence-corrected chi connectivity index (χ0v) is 12.3. The average molecular weight is 284 g/mol. The topological polar surface area (TPSA) is 69.6 Å². The van der Waals surface area contributed by atoms with Crippen molar-refractivity contribution in [1.29, 1.82) is 0 Å². The number of carbonyl (C=O) groups is 2. The number of nitrogens with one attached hydrogen (secondary N) is 1. The number of hydrogen-bond donors (Lipinski definition) is 2. The van der Waals surface area contributed by atoms with E-state index in [1.807, 2.05) is 16.8 Å². The maximum atomic E-state index is 11.9. The van der Waals surface area contributed by atoms with Gasteiger partial charge in [-0.25, -0.2) is 0 Å². The second kappa shape index (κ2) is 6.68. The number of aliphatic carboxylic acids is 1. The third-order valence-corrected chi connectivity index (χ3v) is 3.97. The molecule has 0 aliphatic rings. The molecule has 1 heterocycles. The van der Waals surface area contributed by atoms with Crippen molar-refractivity contribution in [3.05, 3.63) is 22.4 Å². The van der Waals surface area contributed by atoms with E-state index < -0.39 is 11.5 Å². The molecule has 0 aliphatic carbocycles. The van der Waals surface area contributed by atoms with Crippen molar-refractivity contribution in [2.45, 2.75) is 32.4 Å². The lowest BCUT2D eigenvalue weighted by Gasteiger charge is -2.26. The highest BCUT2D eigenvalue weighted by Gasteiger charge is 2.31. The maximum Gasteiger partial charge on any atom is 0.323 e. The zero-order chi connectivity index (χ0) is 14.5. The molecule has 1 rings (SSSR count). The van der Waals surface area contributed by atoms with Crippen LogP contribution in [-0.2, 0) is 16.1 Å². The van der Waals surface area contributed by atoms with Gasteiger partial charge in [-0.3, -0.25) is 14.9 Å². The van der Waals surface area contributed by atoms with Gasteiger partial charge in [-0.2, -0.15) is 11.3 Å². The largest absolute Gasteiger partial charge is 0.480 e. The van der Waals surface area contributed by atoms with Crippen molar-refractivity contribution >= 4 is 23.2 Å². The third kappa shape index (κ3) is 4.33. The summed E-state index contributed by atoms with van der Waals surface area (Å²) in [6.45, 7) is 3.93. The molecule has 1 amide bonds. The van der Waals surface area contributed by atoms with Gasteiger partial charge in [-0.1, -0.05) is 6.92 Å². The van der Waals surface area contributed by atoms with Crippen LogP contribution in [-0.4, -0.2) is 41.0 Å². The Labute approximate surface area is 117 Å². The van der Waals surface area contributed by atoms with Crippen LogP contribution in [0.5, 0.6) is 0 Å². The van der Waals surface area contributed by atoms with Crippen LogP contribution in [0.3, 0.4) is 0 Å². The van der Waals surface area contributed by atoms with Gasteiger partial charge in [0.05, 0.1) is 6.54 Å². The third-order valence-electron chi connectivity index (χ3n) is 3.23. The van der Waals surface area contributed by atoms with E-state index in [2.05, 4.69) is 5.32 Å². The normalized spacial score (nSPS) is 13.8. The van der Waals surface area contributed by atoms with Gasteiger partial charge in [0, 0.05) is 13.6 Å². The highest BCUT2D eigenvalue weighted by Crippen LogP contribution is 2.10. The average Bonchev–Trinajstić information content (AvgIpc) is 2.87. The van der Waals surface area contributed by atoms with E-state index in [9.17, 15) is 9.59 Å². The summed E-state index contributed by atoms with van der Waals surface area (Å²) in [5, 5.41) is 15.9. The number of rotatable bonds is 7. The van der Waals surface area contributed by atoms with E-state index in [4.69, 9.17) is 5.11 Å². The second-order valence-electron chi connectivity index (χ2n) is 4.73. The van der Waals surface area contributed by atoms with Gasteiger partial charge in [0.15, 0.2) is 0 Å². The minimum absolute atomic E-state index is 0.0251. The second-order valence-corrected chi connectivity index (χ2v) is 5.51. The predicted octanol–water partition coefficient (Wildman–Crippen LogP) is 1.55. The number of carbonyl (C=O) groups excluding carboxylic acids is 1. The Morgan fingerprint density at radius 1 is 1.53 bits per heavy atom. The number of thiophene rings is 1. The van der Waals surface area contributed by atoms with E-state index in [-0.39, 0.29) is 12.5 Å². The first-order valence-corrected chi connectivity index (χ1v) is 7.07. The summed E-state index contributed by atoms with van der Waals surface area (Å²) >= 11 is 1.59. The van der Waals surface area contributed by atoms with E-state index in [0.29, 0.717) is 13.0 Å². The maximum absolute atomic E-state index is 11.9. The Morgan fingerprint density at radius 2 is 2.21 bits per heavy atom. The molecule has 1 unspecified atom stereocenters. The van der Waals surface area contributed by atoms with Gasteiger partial charge in [-0.15, -0.1) is 0 Å². The first kappa shape index (κ1) is 15.7. The molecule has 6 heteroatoms. The lowest BCUT2D eigenvalue weighted by molar-refractivity contribution is -0.144. The fourth-order valence-corrected chi connectivity index (χ4v) is 2.16. The van der Waals surface area contributed by atoms with Crippen LogP contribution in [0.25, 0.3) is 0 Å². The minimum atomic E-state index is -1.06. The summed E-state index contributed by atoms with van der Waals surface area (Å²) in [5.41, 5.74) is 0.0242. The van der Waals surface area contributed by atoms with Crippen molar-refractivity contribution in [2.75, 3.05) is 13.6 Å². The van der Waals surface area contributed by atoms with Crippen LogP contribution < -0.4 is 5.32 Å². The van der Waals surface area contributed by atoms with Gasteiger partial charge >= 0.3 is 5.97 Å². The van der Waals surface area contributed by atoms with Crippen LogP contribution >= 0.6 is 11.3 Å². The van der Waals surface area contributed by atoms with Crippen LogP contribution in [0, 0.1) is 0 Å². The first-order valence-electron chi connectivity index (χ1n) is 6.12. The van der Waals surface area contributed by atoms with Gasteiger partial charge in [0.25, 0.3) is 0 Å². The summed E-state index contributed by atoms with van der Waals surface area (Å²) < 4.78 is 0. The molecule has 0 radical (unpaired) electrons. The van der Waals surface area contributed by atoms with Gasteiger partial charge in [0.1, 0.15) is 5.54 Å². The van der Waals surface area contributed by atoms with Gasteiger partial charge < -0.3 is 10.0 Å². The summed E-state index contributed by atoms with van der Waals surface area (Å²) in [7, 11) is 1.71. The Morgan fingerprint density at radius 3 is 2.68 bits per heavy atom. The van der Waals surface area contributed by atoms with Crippen molar-refractivity contribution in [3.63, 3.8) is 0 Å². The zero-order valence-electron chi connectivity index (χ0n) is 11.5. The number of likely N-dealkylation sites (N-methyl/N-ethyl adjacent to an activating group) is 1. The molecule has 19 heavy (non-hydrogen) atoms. The highest BCUT2D eigenvalue weighted by molar-refractivity contribution is 7.07. The highest BCUT2D eigenvalue weighted by atomic mass is 32.1. The molecular formula is C13H20N2O3S. The predicted molar refractivity (Wildman–Crippen MR) is 75.1 cm³/mol. The molecule has 2 N–H and O–H groups in total. The van der Waals surface area contributed by atoms with E-state index in [1.165, 1.54) is 0 Å². The van der Waals surface area contributed by atoms with Crippen LogP contribution in [0.15, 0.2) is 16.8 Å².